The largest absolute Gasteiger partial charge is 0.381 e. The van der Waals surface area contributed by atoms with E-state index in [1.807, 2.05) is 41.3 Å². The molecule has 1 N–H and O–H groups in total. The van der Waals surface area contributed by atoms with E-state index in [4.69, 9.17) is 4.74 Å². The van der Waals surface area contributed by atoms with Gasteiger partial charge in [-0.15, -0.1) is 0 Å². The topological polar surface area (TPSA) is 58.6 Å². The van der Waals surface area contributed by atoms with E-state index >= 15 is 0 Å². The fraction of sp³-hybridized carbons (Fsp3) is 0.545. The Morgan fingerprint density at radius 2 is 1.93 bits per heavy atom. The molecule has 5 nitrogen and oxygen atoms in total. The highest BCUT2D eigenvalue weighted by Crippen LogP contribution is 2.18. The molecule has 0 aliphatic carbocycles. The molecule has 1 aliphatic heterocycles. The number of benzene rings is 1. The number of ether oxygens (including phenoxy) is 1. The number of hydrogen-bond acceptors (Lipinski definition) is 3. The number of likely N-dealkylation sites (tertiary alicyclic amines) is 1. The highest BCUT2D eigenvalue weighted by atomic mass is 16.5. The van der Waals surface area contributed by atoms with Crippen molar-refractivity contribution < 1.29 is 14.3 Å². The zero-order chi connectivity index (χ0) is 19.5. The summed E-state index contributed by atoms with van der Waals surface area (Å²) in [6, 6.07) is 9.78. The molecule has 2 rings (SSSR count). The maximum absolute atomic E-state index is 12.3. The molecular weight excluding hydrogens is 340 g/mol. The number of hydrogen-bond donors (Lipinski definition) is 1. The molecule has 0 atom stereocenters. The van der Waals surface area contributed by atoms with E-state index in [-0.39, 0.29) is 17.7 Å². The van der Waals surface area contributed by atoms with Crippen molar-refractivity contribution >= 4 is 17.9 Å². The fourth-order valence-corrected chi connectivity index (χ4v) is 3.05. The molecule has 0 bridgehead atoms. The van der Waals surface area contributed by atoms with Gasteiger partial charge in [-0.1, -0.05) is 44.2 Å². The van der Waals surface area contributed by atoms with Gasteiger partial charge >= 0.3 is 0 Å². The zero-order valence-corrected chi connectivity index (χ0v) is 16.5. The Morgan fingerprint density at radius 1 is 1.22 bits per heavy atom. The molecule has 5 heteroatoms. The maximum atomic E-state index is 12.3. The van der Waals surface area contributed by atoms with Gasteiger partial charge in [0.25, 0.3) is 0 Å². The molecule has 0 radical (unpaired) electrons. The number of nitrogens with zero attached hydrogens (tertiary/aromatic N) is 1. The fourth-order valence-electron chi connectivity index (χ4n) is 3.05. The van der Waals surface area contributed by atoms with Gasteiger partial charge in [-0.25, -0.2) is 0 Å². The van der Waals surface area contributed by atoms with Crippen molar-refractivity contribution in [1.29, 1.82) is 0 Å². The molecule has 2 amide bonds. The summed E-state index contributed by atoms with van der Waals surface area (Å²) in [5.41, 5.74) is 1.01. The van der Waals surface area contributed by atoms with Gasteiger partial charge in [0.2, 0.25) is 11.8 Å². The average Bonchev–Trinajstić information content (AvgIpc) is 2.69. The van der Waals surface area contributed by atoms with Crippen LogP contribution in [0.15, 0.2) is 36.4 Å². The lowest BCUT2D eigenvalue weighted by Crippen LogP contribution is -2.42. The number of carbonyl (C=O) groups excluding carboxylic acids is 2. The second-order valence-electron chi connectivity index (χ2n) is 7.46. The molecule has 0 saturated carbocycles. The van der Waals surface area contributed by atoms with E-state index in [1.165, 1.54) is 0 Å². The van der Waals surface area contributed by atoms with E-state index in [2.05, 4.69) is 19.2 Å². The maximum Gasteiger partial charge on any atom is 0.246 e. The van der Waals surface area contributed by atoms with Gasteiger partial charge < -0.3 is 15.0 Å². The van der Waals surface area contributed by atoms with Crippen LogP contribution in [0.1, 0.15) is 38.7 Å². The molecule has 1 aromatic carbocycles. The number of piperidine rings is 1. The van der Waals surface area contributed by atoms with Gasteiger partial charge in [0.1, 0.15) is 0 Å². The minimum absolute atomic E-state index is 0.00346. The van der Waals surface area contributed by atoms with Crippen molar-refractivity contribution in [1.82, 2.24) is 10.2 Å². The van der Waals surface area contributed by atoms with Gasteiger partial charge in [-0.2, -0.15) is 0 Å². The van der Waals surface area contributed by atoms with Gasteiger partial charge in [-0.05, 0) is 36.8 Å². The van der Waals surface area contributed by atoms with Crippen LogP contribution < -0.4 is 5.32 Å². The van der Waals surface area contributed by atoms with Crippen LogP contribution in [0.25, 0.3) is 6.08 Å². The second kappa shape index (κ2) is 11.5. The van der Waals surface area contributed by atoms with Gasteiger partial charge in [0, 0.05) is 44.8 Å². The Morgan fingerprint density at radius 3 is 2.59 bits per heavy atom. The van der Waals surface area contributed by atoms with Crippen molar-refractivity contribution in [3.8, 4) is 0 Å². The summed E-state index contributed by atoms with van der Waals surface area (Å²) >= 11 is 0. The second-order valence-corrected chi connectivity index (χ2v) is 7.46. The predicted molar refractivity (Wildman–Crippen MR) is 108 cm³/mol. The van der Waals surface area contributed by atoms with Crippen LogP contribution in [0, 0.1) is 11.8 Å². The summed E-state index contributed by atoms with van der Waals surface area (Å²) in [4.78, 5) is 26.4. The van der Waals surface area contributed by atoms with E-state index in [0.717, 1.165) is 31.4 Å². The smallest absolute Gasteiger partial charge is 0.246 e. The zero-order valence-electron chi connectivity index (χ0n) is 16.5. The Bertz CT molecular complexity index is 605. The normalized spacial score (nSPS) is 15.4. The molecule has 0 unspecified atom stereocenters. The molecule has 1 aliphatic rings. The van der Waals surface area contributed by atoms with Crippen molar-refractivity contribution in [3.05, 3.63) is 42.0 Å². The molecule has 0 aromatic heterocycles. The van der Waals surface area contributed by atoms with Crippen molar-refractivity contribution in [2.24, 2.45) is 11.8 Å². The summed E-state index contributed by atoms with van der Waals surface area (Å²) in [5, 5.41) is 2.99. The molecule has 1 aromatic rings. The quantitative estimate of drug-likeness (QED) is 0.535. The highest BCUT2D eigenvalue weighted by molar-refractivity contribution is 5.92. The Kier molecular flexibility index (Phi) is 9.05. The first-order valence-corrected chi connectivity index (χ1v) is 9.93. The third-order valence-electron chi connectivity index (χ3n) is 4.61. The minimum atomic E-state index is 0.00346. The van der Waals surface area contributed by atoms with Gasteiger partial charge in [0.15, 0.2) is 0 Å². The predicted octanol–water partition coefficient (Wildman–Crippen LogP) is 3.12. The average molecular weight is 373 g/mol. The summed E-state index contributed by atoms with van der Waals surface area (Å²) in [7, 11) is 0. The summed E-state index contributed by atoms with van der Waals surface area (Å²) < 4.78 is 5.52. The van der Waals surface area contributed by atoms with E-state index < -0.39 is 0 Å². The molecule has 27 heavy (non-hydrogen) atoms. The number of carbonyl (C=O) groups is 2. The highest BCUT2D eigenvalue weighted by Gasteiger charge is 2.26. The first-order chi connectivity index (χ1) is 13.1. The number of nitrogens with one attached hydrogen (secondary N) is 1. The number of rotatable bonds is 9. The Balaban J connectivity index is 1.63. The standard InChI is InChI=1S/C22H32N2O3/c1-18(2)17-27-16-6-13-23-22(26)20-11-14-24(15-12-20)21(25)10-9-19-7-4-3-5-8-19/h3-5,7-10,18,20H,6,11-17H2,1-2H3,(H,23,26)/b10-9+. The van der Waals surface area contributed by atoms with Crippen LogP contribution in [0.3, 0.4) is 0 Å². The lowest BCUT2D eigenvalue weighted by Gasteiger charge is -2.30. The molecule has 1 fully saturated rings. The lowest BCUT2D eigenvalue weighted by atomic mass is 9.96. The third-order valence-corrected chi connectivity index (χ3v) is 4.61. The van der Waals surface area contributed by atoms with Crippen LogP contribution in [-0.2, 0) is 14.3 Å². The molecule has 148 valence electrons. The first kappa shape index (κ1) is 21.2. The summed E-state index contributed by atoms with van der Waals surface area (Å²) in [6.07, 6.45) is 5.73. The van der Waals surface area contributed by atoms with Gasteiger partial charge in [0.05, 0.1) is 0 Å². The number of amides is 2. The summed E-state index contributed by atoms with van der Waals surface area (Å²) in [5.74, 6) is 0.657. The molecule has 0 spiro atoms. The third kappa shape index (κ3) is 7.95. The van der Waals surface area contributed by atoms with Gasteiger partial charge in [-0.3, -0.25) is 9.59 Å². The SMILES string of the molecule is CC(C)COCCCNC(=O)C1CCN(C(=O)/C=C/c2ccccc2)CC1. The van der Waals surface area contributed by atoms with E-state index in [1.54, 1.807) is 6.08 Å². The van der Waals surface area contributed by atoms with Crippen LogP contribution in [0.2, 0.25) is 0 Å². The van der Waals surface area contributed by atoms with E-state index in [0.29, 0.717) is 32.2 Å². The van der Waals surface area contributed by atoms with Crippen LogP contribution >= 0.6 is 0 Å². The van der Waals surface area contributed by atoms with Crippen molar-refractivity contribution in [3.63, 3.8) is 0 Å². The Hall–Kier alpha value is -2.14. The monoisotopic (exact) mass is 372 g/mol. The first-order valence-electron chi connectivity index (χ1n) is 9.93. The lowest BCUT2D eigenvalue weighted by molar-refractivity contribution is -0.132. The minimum Gasteiger partial charge on any atom is -0.381 e. The van der Waals surface area contributed by atoms with Crippen molar-refractivity contribution in [2.45, 2.75) is 33.1 Å². The van der Waals surface area contributed by atoms with Crippen LogP contribution in [0.5, 0.6) is 0 Å². The van der Waals surface area contributed by atoms with Crippen molar-refractivity contribution in [2.75, 3.05) is 32.8 Å². The molecule has 1 saturated heterocycles. The summed E-state index contributed by atoms with van der Waals surface area (Å²) in [6.45, 7) is 7.60. The van der Waals surface area contributed by atoms with Crippen LogP contribution in [-0.4, -0.2) is 49.6 Å². The Labute approximate surface area is 162 Å². The molecular formula is C22H32N2O3. The van der Waals surface area contributed by atoms with Crippen LogP contribution in [0.4, 0.5) is 0 Å². The molecule has 1 heterocycles. The van der Waals surface area contributed by atoms with E-state index in [9.17, 15) is 9.59 Å².